The summed E-state index contributed by atoms with van der Waals surface area (Å²) in [6.45, 7) is 6.30. The van der Waals surface area contributed by atoms with Gasteiger partial charge in [-0.05, 0) is 96.9 Å². The van der Waals surface area contributed by atoms with Gasteiger partial charge in [0.1, 0.15) is 28.0 Å². The monoisotopic (exact) mass is 834 g/mol. The predicted molar refractivity (Wildman–Crippen MR) is 269 cm³/mol. The minimum atomic E-state index is 0.628. The molecule has 0 N–H and O–H groups in total. The van der Waals surface area contributed by atoms with Gasteiger partial charge >= 0.3 is 0 Å². The lowest BCUT2D eigenvalue weighted by Crippen LogP contribution is -1.96. The third kappa shape index (κ3) is 5.60. The maximum Gasteiger partial charge on any atom is 0.180 e. The summed E-state index contributed by atoms with van der Waals surface area (Å²) in [5.74, 6) is 0.628. The number of furan rings is 2. The molecule has 13 rings (SSSR count). The topological polar surface area (TPSA) is 61.9 Å². The van der Waals surface area contributed by atoms with E-state index in [0.717, 1.165) is 106 Å². The Kier molecular flexibility index (Phi) is 8.17. The quantitative estimate of drug-likeness (QED) is 0.160. The van der Waals surface area contributed by atoms with Crippen molar-refractivity contribution in [1.82, 2.24) is 19.1 Å². The Balaban J connectivity index is 0.999. The van der Waals surface area contributed by atoms with E-state index in [0.29, 0.717) is 11.4 Å². The highest BCUT2D eigenvalue weighted by Crippen LogP contribution is 2.43. The van der Waals surface area contributed by atoms with Gasteiger partial charge in [-0.15, -0.1) is 0 Å². The van der Waals surface area contributed by atoms with Crippen LogP contribution in [0.15, 0.2) is 203 Å². The summed E-state index contributed by atoms with van der Waals surface area (Å²) in [6.07, 6.45) is 6.26. The molecule has 0 aliphatic rings. The SMILES string of the molecule is C=Cc1c(/C=C\C)c2cc(-c3ccc4c(c3)c3ccccc3n4-c3ccc4oc5c(-c6cccc7oc8ccccc8c67)nc(-c6ccccc6)nc5c4c3)ccc2n1-c1ccccc1. The molecule has 0 radical (unpaired) electrons. The maximum absolute atomic E-state index is 6.80. The first-order valence-corrected chi connectivity index (χ1v) is 21.9. The molecular formula is C59H38N4O2. The second kappa shape index (κ2) is 14.4. The molecule has 0 amide bonds. The van der Waals surface area contributed by atoms with E-state index < -0.39 is 0 Å². The first-order chi connectivity index (χ1) is 32.1. The van der Waals surface area contributed by atoms with Gasteiger partial charge in [0.15, 0.2) is 11.4 Å². The lowest BCUT2D eigenvalue weighted by molar-refractivity contribution is 0.667. The van der Waals surface area contributed by atoms with Gasteiger partial charge in [-0.25, -0.2) is 9.97 Å². The summed E-state index contributed by atoms with van der Waals surface area (Å²) in [7, 11) is 0. The molecule has 0 aliphatic carbocycles. The first-order valence-electron chi connectivity index (χ1n) is 21.9. The maximum atomic E-state index is 6.80. The molecule has 5 heterocycles. The van der Waals surface area contributed by atoms with Gasteiger partial charge in [-0.2, -0.15) is 0 Å². The number of benzene rings is 8. The lowest BCUT2D eigenvalue weighted by Gasteiger charge is -2.10. The van der Waals surface area contributed by atoms with Crippen LogP contribution in [0.4, 0.5) is 0 Å². The zero-order chi connectivity index (χ0) is 43.2. The average Bonchev–Trinajstić information content (AvgIpc) is 4.11. The fraction of sp³-hybridized carbons (Fsp3) is 0.0169. The third-order valence-corrected chi connectivity index (χ3v) is 12.8. The Morgan fingerprint density at radius 2 is 1.17 bits per heavy atom. The van der Waals surface area contributed by atoms with Crippen molar-refractivity contribution in [2.24, 2.45) is 0 Å². The molecule has 0 saturated carbocycles. The van der Waals surface area contributed by atoms with E-state index in [2.05, 4.69) is 168 Å². The minimum absolute atomic E-state index is 0.628. The van der Waals surface area contributed by atoms with E-state index in [4.69, 9.17) is 18.8 Å². The highest BCUT2D eigenvalue weighted by Gasteiger charge is 2.23. The van der Waals surface area contributed by atoms with Gasteiger partial charge < -0.3 is 18.0 Å². The van der Waals surface area contributed by atoms with Crippen molar-refractivity contribution in [1.29, 1.82) is 0 Å². The Morgan fingerprint density at radius 3 is 1.97 bits per heavy atom. The molecule has 65 heavy (non-hydrogen) atoms. The zero-order valence-electron chi connectivity index (χ0n) is 35.4. The van der Waals surface area contributed by atoms with Gasteiger partial charge in [0.25, 0.3) is 0 Å². The summed E-state index contributed by atoms with van der Waals surface area (Å²) in [5.41, 5.74) is 16.4. The zero-order valence-corrected chi connectivity index (χ0v) is 35.4. The molecule has 0 unspecified atom stereocenters. The molecule has 8 aromatic carbocycles. The van der Waals surface area contributed by atoms with E-state index in [-0.39, 0.29) is 0 Å². The predicted octanol–water partition coefficient (Wildman–Crippen LogP) is 16.0. The molecular weight excluding hydrogens is 797 g/mol. The molecule has 0 saturated heterocycles. The molecule has 306 valence electrons. The van der Waals surface area contributed by atoms with E-state index in [9.17, 15) is 0 Å². The summed E-state index contributed by atoms with van der Waals surface area (Å²) < 4.78 is 17.8. The number of hydrogen-bond acceptors (Lipinski definition) is 4. The van der Waals surface area contributed by atoms with Gasteiger partial charge in [0.05, 0.1) is 22.2 Å². The van der Waals surface area contributed by atoms with Gasteiger partial charge in [-0.3, -0.25) is 0 Å². The second-order valence-corrected chi connectivity index (χ2v) is 16.5. The largest absolute Gasteiger partial charge is 0.456 e. The summed E-state index contributed by atoms with van der Waals surface area (Å²) >= 11 is 0. The van der Waals surface area contributed by atoms with Crippen LogP contribution in [-0.2, 0) is 0 Å². The minimum Gasteiger partial charge on any atom is -0.456 e. The Bertz CT molecular complexity index is 4090. The van der Waals surface area contributed by atoms with Crippen LogP contribution in [-0.4, -0.2) is 19.1 Å². The van der Waals surface area contributed by atoms with E-state index in [1.807, 2.05) is 54.6 Å². The number of aromatic nitrogens is 4. The van der Waals surface area contributed by atoms with E-state index in [1.54, 1.807) is 0 Å². The first kappa shape index (κ1) is 36.9. The highest BCUT2D eigenvalue weighted by atomic mass is 16.3. The number of rotatable bonds is 7. The summed E-state index contributed by atoms with van der Waals surface area (Å²) in [5, 5.41) is 6.48. The van der Waals surface area contributed by atoms with Crippen LogP contribution in [0.2, 0.25) is 0 Å². The highest BCUT2D eigenvalue weighted by molar-refractivity contribution is 6.17. The van der Waals surface area contributed by atoms with Crippen LogP contribution < -0.4 is 0 Å². The third-order valence-electron chi connectivity index (χ3n) is 12.8. The van der Waals surface area contributed by atoms with E-state index in [1.165, 1.54) is 16.2 Å². The van der Waals surface area contributed by atoms with Crippen molar-refractivity contribution in [2.45, 2.75) is 6.92 Å². The second-order valence-electron chi connectivity index (χ2n) is 16.5. The normalized spacial score (nSPS) is 12.1. The van der Waals surface area contributed by atoms with Gasteiger partial charge in [0.2, 0.25) is 0 Å². The van der Waals surface area contributed by atoms with Crippen LogP contribution in [0.1, 0.15) is 18.2 Å². The summed E-state index contributed by atoms with van der Waals surface area (Å²) in [6, 6.07) is 63.7. The van der Waals surface area contributed by atoms with Crippen LogP contribution in [0.5, 0.6) is 0 Å². The van der Waals surface area contributed by atoms with Crippen molar-refractivity contribution in [3.8, 4) is 45.1 Å². The van der Waals surface area contributed by atoms with Crippen molar-refractivity contribution in [3.05, 3.63) is 206 Å². The molecule has 6 heteroatoms. The molecule has 0 fully saturated rings. The van der Waals surface area contributed by atoms with E-state index >= 15 is 0 Å². The molecule has 0 spiro atoms. The molecule has 0 atom stereocenters. The van der Waals surface area contributed by atoms with Crippen molar-refractivity contribution in [3.63, 3.8) is 0 Å². The molecule has 6 nitrogen and oxygen atoms in total. The van der Waals surface area contributed by atoms with Crippen molar-refractivity contribution >= 4 is 88.9 Å². The average molecular weight is 835 g/mol. The fourth-order valence-corrected chi connectivity index (χ4v) is 9.99. The standard InChI is InChI=1S/C59H38N4O2/c1-3-16-41-45-33-37(27-30-50(45)62(48(41)4-2)39-19-9-6-10-20-39)38-28-31-51-46(34-38)42-21-11-13-24-49(42)63(51)40-29-32-53-47(35-40)57-58(65-53)56(60-59(61-57)36-17-7-5-8-18-36)44-23-15-26-54-55(44)43-22-12-14-25-52(43)64-54/h3-35H,2H2,1H3/b16-3-. The van der Waals surface area contributed by atoms with Crippen LogP contribution in [0, 0.1) is 0 Å². The molecule has 13 aromatic rings. The lowest BCUT2D eigenvalue weighted by atomic mass is 10.00. The molecule has 0 bridgehead atoms. The molecule has 0 aliphatic heterocycles. The van der Waals surface area contributed by atoms with Crippen molar-refractivity contribution < 1.29 is 8.83 Å². The van der Waals surface area contributed by atoms with Crippen LogP contribution in [0.25, 0.3) is 134 Å². The van der Waals surface area contributed by atoms with Crippen molar-refractivity contribution in [2.75, 3.05) is 0 Å². The Hall–Kier alpha value is -8.74. The summed E-state index contributed by atoms with van der Waals surface area (Å²) in [4.78, 5) is 10.5. The van der Waals surface area contributed by atoms with Gasteiger partial charge in [-0.1, -0.05) is 128 Å². The Morgan fingerprint density at radius 1 is 0.492 bits per heavy atom. The fourth-order valence-electron chi connectivity index (χ4n) is 9.99. The van der Waals surface area contributed by atoms with Crippen LogP contribution in [0.3, 0.4) is 0 Å². The number of allylic oxidation sites excluding steroid dienone is 1. The van der Waals surface area contributed by atoms with Crippen LogP contribution >= 0.6 is 0 Å². The molecule has 5 aromatic heterocycles. The number of fused-ring (bicyclic) bond motifs is 10. The Labute approximate surface area is 373 Å². The number of nitrogens with zero attached hydrogens (tertiary/aromatic N) is 4. The number of para-hydroxylation sites is 3. The number of hydrogen-bond donors (Lipinski definition) is 0. The van der Waals surface area contributed by atoms with Gasteiger partial charge in [0, 0.05) is 60.4 Å². The smallest absolute Gasteiger partial charge is 0.180 e.